The molecule has 0 aliphatic heterocycles. The number of hydrogen-bond donors (Lipinski definition) is 3. The second-order valence-corrected chi connectivity index (χ2v) is 7.88. The van der Waals surface area contributed by atoms with Crippen molar-refractivity contribution in [2.75, 3.05) is 11.9 Å². The number of aliphatic carboxylic acids is 1. The van der Waals surface area contributed by atoms with Gasteiger partial charge in [-0.1, -0.05) is 36.4 Å². The molecule has 2 atom stereocenters. The second-order valence-electron chi connectivity index (χ2n) is 5.50. The number of aromatic nitrogens is 1. The van der Waals surface area contributed by atoms with Crippen molar-refractivity contribution in [2.24, 2.45) is 5.92 Å². The monoisotopic (exact) mass is 334 g/mol. The van der Waals surface area contributed by atoms with E-state index in [2.05, 4.69) is 4.98 Å². The molecule has 0 aliphatic carbocycles. The molecule has 6 nitrogen and oxygen atoms in total. The molecule has 0 spiro atoms. The van der Waals surface area contributed by atoms with Gasteiger partial charge in [-0.05, 0) is 23.6 Å². The summed E-state index contributed by atoms with van der Waals surface area (Å²) in [5.74, 6) is -1.69. The molecule has 0 saturated heterocycles. The molecule has 4 N–H and O–H groups in total. The van der Waals surface area contributed by atoms with Gasteiger partial charge in [0, 0.05) is 18.5 Å². The second kappa shape index (κ2) is 7.40. The predicted octanol–water partition coefficient (Wildman–Crippen LogP) is 2.38. The Labute approximate surface area is 134 Å². The lowest BCUT2D eigenvalue weighted by Gasteiger charge is -2.17. The Bertz CT molecular complexity index is 704. The zero-order valence-electron chi connectivity index (χ0n) is 12.5. The van der Waals surface area contributed by atoms with E-state index >= 15 is 0 Å². The highest BCUT2D eigenvalue weighted by molar-refractivity contribution is 7.57. The first-order valence-corrected chi connectivity index (χ1v) is 9.17. The fourth-order valence-corrected chi connectivity index (χ4v) is 4.23. The molecule has 0 fully saturated rings. The van der Waals surface area contributed by atoms with Gasteiger partial charge in [0.25, 0.3) is 0 Å². The third-order valence-corrected chi connectivity index (χ3v) is 5.33. The van der Waals surface area contributed by atoms with E-state index in [1.165, 1.54) is 6.20 Å². The zero-order valence-corrected chi connectivity index (χ0v) is 13.4. The van der Waals surface area contributed by atoms with E-state index in [1.54, 1.807) is 36.4 Å². The molecule has 0 bridgehead atoms. The smallest absolute Gasteiger partial charge is 0.307 e. The number of carboxylic acid groups (broad SMARTS) is 1. The maximum absolute atomic E-state index is 12.4. The molecular formula is C16H19N2O4P. The third-order valence-electron chi connectivity index (χ3n) is 3.46. The van der Waals surface area contributed by atoms with Crippen LogP contribution in [0.3, 0.4) is 0 Å². The standard InChI is InChI=1S/C16H19N2O4P/c17-15-7-6-13(9-18-15)8-14(16(19)20)11-23(21,22)10-12-4-2-1-3-5-12/h1-7,9,14H,8,10-11H2,(H2,17,18)(H,19,20)(H,21,22). The van der Waals surface area contributed by atoms with Crippen LogP contribution in [0.5, 0.6) is 0 Å². The van der Waals surface area contributed by atoms with Gasteiger partial charge in [-0.15, -0.1) is 0 Å². The number of nitrogens with two attached hydrogens (primary N) is 1. The third kappa shape index (κ3) is 5.51. The van der Waals surface area contributed by atoms with Crippen molar-refractivity contribution in [3.63, 3.8) is 0 Å². The number of benzene rings is 1. The minimum atomic E-state index is -3.60. The SMILES string of the molecule is Nc1ccc(CC(CP(=O)(O)Cc2ccccc2)C(=O)O)cn1. The lowest BCUT2D eigenvalue weighted by molar-refractivity contribution is -0.141. The molecule has 0 radical (unpaired) electrons. The lowest BCUT2D eigenvalue weighted by atomic mass is 10.0. The van der Waals surface area contributed by atoms with Crippen LogP contribution >= 0.6 is 7.37 Å². The van der Waals surface area contributed by atoms with Crippen molar-refractivity contribution in [3.05, 3.63) is 59.8 Å². The largest absolute Gasteiger partial charge is 0.481 e. The number of pyridine rings is 1. The van der Waals surface area contributed by atoms with Gasteiger partial charge in [0.2, 0.25) is 7.37 Å². The van der Waals surface area contributed by atoms with E-state index in [4.69, 9.17) is 5.73 Å². The Balaban J connectivity index is 2.07. The fourth-order valence-electron chi connectivity index (χ4n) is 2.35. The van der Waals surface area contributed by atoms with Crippen LogP contribution in [0.2, 0.25) is 0 Å². The zero-order chi connectivity index (χ0) is 16.9. The molecule has 0 saturated carbocycles. The Morgan fingerprint density at radius 2 is 1.87 bits per heavy atom. The highest BCUT2D eigenvalue weighted by atomic mass is 31.2. The molecule has 122 valence electrons. The summed E-state index contributed by atoms with van der Waals surface area (Å²) in [6.45, 7) is 0. The number of anilines is 1. The van der Waals surface area contributed by atoms with Gasteiger partial charge in [0.05, 0.1) is 5.92 Å². The van der Waals surface area contributed by atoms with Gasteiger partial charge in [-0.25, -0.2) is 4.98 Å². The summed E-state index contributed by atoms with van der Waals surface area (Å²) in [5, 5.41) is 9.34. The van der Waals surface area contributed by atoms with Gasteiger partial charge < -0.3 is 15.7 Å². The molecule has 2 rings (SSSR count). The molecule has 1 aromatic carbocycles. The molecule has 0 aliphatic rings. The Kier molecular flexibility index (Phi) is 5.53. The van der Waals surface area contributed by atoms with Crippen molar-refractivity contribution < 1.29 is 19.4 Å². The van der Waals surface area contributed by atoms with Crippen LogP contribution in [-0.2, 0) is 21.9 Å². The molecule has 23 heavy (non-hydrogen) atoms. The summed E-state index contributed by atoms with van der Waals surface area (Å²) < 4.78 is 12.4. The van der Waals surface area contributed by atoms with Crippen molar-refractivity contribution in [3.8, 4) is 0 Å². The van der Waals surface area contributed by atoms with Crippen LogP contribution in [0.15, 0.2) is 48.7 Å². The molecule has 2 unspecified atom stereocenters. The first-order chi connectivity index (χ1) is 10.9. The molecule has 0 amide bonds. The summed E-state index contributed by atoms with van der Waals surface area (Å²) in [6.07, 6.45) is 1.33. The van der Waals surface area contributed by atoms with Crippen LogP contribution in [0.1, 0.15) is 11.1 Å². The molecule has 1 aromatic heterocycles. The van der Waals surface area contributed by atoms with Crippen LogP contribution in [-0.4, -0.2) is 27.1 Å². The summed E-state index contributed by atoms with van der Waals surface area (Å²) >= 11 is 0. The van der Waals surface area contributed by atoms with Gasteiger partial charge in [-0.3, -0.25) is 9.36 Å². The number of rotatable bonds is 7. The molecular weight excluding hydrogens is 315 g/mol. The predicted molar refractivity (Wildman–Crippen MR) is 88.3 cm³/mol. The Morgan fingerprint density at radius 3 is 2.43 bits per heavy atom. The first kappa shape index (κ1) is 17.2. The maximum Gasteiger partial charge on any atom is 0.307 e. The average molecular weight is 334 g/mol. The van der Waals surface area contributed by atoms with Crippen LogP contribution in [0.25, 0.3) is 0 Å². The molecule has 2 aromatic rings. The van der Waals surface area contributed by atoms with Gasteiger partial charge in [0.1, 0.15) is 5.82 Å². The highest BCUT2D eigenvalue weighted by Crippen LogP contribution is 2.46. The molecule has 1 heterocycles. The van der Waals surface area contributed by atoms with E-state index in [0.29, 0.717) is 11.4 Å². The van der Waals surface area contributed by atoms with Gasteiger partial charge >= 0.3 is 5.97 Å². The summed E-state index contributed by atoms with van der Waals surface area (Å²) in [5.41, 5.74) is 6.88. The lowest BCUT2D eigenvalue weighted by Crippen LogP contribution is -2.21. The Morgan fingerprint density at radius 1 is 1.17 bits per heavy atom. The minimum Gasteiger partial charge on any atom is -0.481 e. The number of nitrogen functional groups attached to an aromatic ring is 1. The van der Waals surface area contributed by atoms with Crippen molar-refractivity contribution >= 4 is 19.2 Å². The van der Waals surface area contributed by atoms with E-state index in [0.717, 1.165) is 5.56 Å². The average Bonchev–Trinajstić information content (AvgIpc) is 2.49. The van der Waals surface area contributed by atoms with E-state index in [1.807, 2.05) is 6.07 Å². The van der Waals surface area contributed by atoms with Crippen molar-refractivity contribution in [1.82, 2.24) is 4.98 Å². The molecule has 7 heteroatoms. The number of hydrogen-bond acceptors (Lipinski definition) is 4. The fraction of sp³-hybridized carbons (Fsp3) is 0.250. The van der Waals surface area contributed by atoms with Crippen LogP contribution < -0.4 is 5.73 Å². The summed E-state index contributed by atoms with van der Waals surface area (Å²) in [7, 11) is -3.60. The van der Waals surface area contributed by atoms with E-state index < -0.39 is 19.3 Å². The summed E-state index contributed by atoms with van der Waals surface area (Å²) in [4.78, 5) is 25.5. The normalized spacial score (nSPS) is 14.8. The van der Waals surface area contributed by atoms with Gasteiger partial charge in [-0.2, -0.15) is 0 Å². The minimum absolute atomic E-state index is 0.0302. The highest BCUT2D eigenvalue weighted by Gasteiger charge is 2.29. The number of carboxylic acids is 1. The van der Waals surface area contributed by atoms with Gasteiger partial charge in [0.15, 0.2) is 0 Å². The number of carbonyl (C=O) groups is 1. The maximum atomic E-state index is 12.4. The van der Waals surface area contributed by atoms with Crippen LogP contribution in [0.4, 0.5) is 5.82 Å². The van der Waals surface area contributed by atoms with Crippen molar-refractivity contribution in [1.29, 1.82) is 0 Å². The quantitative estimate of drug-likeness (QED) is 0.670. The summed E-state index contributed by atoms with van der Waals surface area (Å²) in [6, 6.07) is 12.1. The topological polar surface area (TPSA) is 114 Å². The van der Waals surface area contributed by atoms with E-state index in [9.17, 15) is 19.4 Å². The number of nitrogens with zero attached hydrogens (tertiary/aromatic N) is 1. The Hall–Kier alpha value is -2.17. The van der Waals surface area contributed by atoms with Crippen molar-refractivity contribution in [2.45, 2.75) is 12.6 Å². The van der Waals surface area contributed by atoms with E-state index in [-0.39, 0.29) is 18.7 Å². The first-order valence-electron chi connectivity index (χ1n) is 7.14. The van der Waals surface area contributed by atoms with Crippen LogP contribution in [0, 0.1) is 5.92 Å².